The van der Waals surface area contributed by atoms with Gasteiger partial charge in [-0.2, -0.15) is 0 Å². The quantitative estimate of drug-likeness (QED) is 0.585. The van der Waals surface area contributed by atoms with Gasteiger partial charge in [-0.15, -0.1) is 0 Å². The molecule has 0 atom stereocenters. The van der Waals surface area contributed by atoms with Crippen molar-refractivity contribution in [3.05, 3.63) is 62.8 Å². The van der Waals surface area contributed by atoms with Crippen LogP contribution < -0.4 is 0 Å². The van der Waals surface area contributed by atoms with Crippen molar-refractivity contribution in [1.82, 2.24) is 0 Å². The molecule has 20 heavy (non-hydrogen) atoms. The zero-order valence-electron chi connectivity index (χ0n) is 13.9. The van der Waals surface area contributed by atoms with E-state index in [-0.39, 0.29) is 0 Å². The third-order valence-corrected chi connectivity index (χ3v) is 5.03. The fraction of sp³-hybridized carbons (Fsp3) is 0.400. The van der Waals surface area contributed by atoms with Gasteiger partial charge in [0.05, 0.1) is 0 Å². The summed E-state index contributed by atoms with van der Waals surface area (Å²) in [5, 5.41) is 0. The number of hydrogen-bond acceptors (Lipinski definition) is 0. The van der Waals surface area contributed by atoms with E-state index in [0.29, 0.717) is 0 Å². The van der Waals surface area contributed by atoms with E-state index < -0.39 is 0 Å². The number of benzene rings is 1. The molecule has 0 radical (unpaired) electrons. The lowest BCUT2D eigenvalue weighted by Gasteiger charge is -2.16. The number of hydrogen-bond donors (Lipinski definition) is 0. The SMILES string of the molecule is CC1=CCC(c2cc(C)c(C)c(C)c2C)=CC(C)=C1C. The van der Waals surface area contributed by atoms with Gasteiger partial charge < -0.3 is 0 Å². The minimum atomic E-state index is 1.03. The van der Waals surface area contributed by atoms with Crippen LogP contribution in [0.5, 0.6) is 0 Å². The van der Waals surface area contributed by atoms with Crippen LogP contribution in [0.15, 0.2) is 34.9 Å². The second kappa shape index (κ2) is 5.44. The Bertz CT molecular complexity index is 649. The van der Waals surface area contributed by atoms with Crippen molar-refractivity contribution in [2.24, 2.45) is 0 Å². The van der Waals surface area contributed by atoms with Crippen LogP contribution in [0.2, 0.25) is 0 Å². The topological polar surface area (TPSA) is 0 Å². The second-order valence-corrected chi connectivity index (χ2v) is 6.18. The van der Waals surface area contributed by atoms with Crippen molar-refractivity contribution in [1.29, 1.82) is 0 Å². The van der Waals surface area contributed by atoms with Crippen molar-refractivity contribution in [3.8, 4) is 0 Å². The normalized spacial score (nSPS) is 15.9. The molecule has 0 aromatic heterocycles. The molecule has 1 aromatic carbocycles. The summed E-state index contributed by atoms with van der Waals surface area (Å²) in [5.74, 6) is 0. The maximum absolute atomic E-state index is 2.37. The van der Waals surface area contributed by atoms with E-state index >= 15 is 0 Å². The smallest absolute Gasteiger partial charge is 0.00855 e. The molecule has 0 unspecified atom stereocenters. The van der Waals surface area contributed by atoms with Crippen molar-refractivity contribution < 1.29 is 0 Å². The molecule has 0 heteroatoms. The van der Waals surface area contributed by atoms with Crippen molar-refractivity contribution in [2.45, 2.75) is 54.9 Å². The first-order valence-electron chi connectivity index (χ1n) is 7.46. The molecule has 0 fully saturated rings. The van der Waals surface area contributed by atoms with Gasteiger partial charge in [0, 0.05) is 0 Å². The van der Waals surface area contributed by atoms with Crippen molar-refractivity contribution in [3.63, 3.8) is 0 Å². The average Bonchev–Trinajstić information content (AvgIpc) is 2.54. The molecule has 0 amide bonds. The average molecular weight is 266 g/mol. The summed E-state index contributed by atoms with van der Waals surface area (Å²) in [6.07, 6.45) is 5.77. The van der Waals surface area contributed by atoms with Crippen molar-refractivity contribution >= 4 is 5.57 Å². The summed E-state index contributed by atoms with van der Waals surface area (Å²) < 4.78 is 0. The maximum atomic E-state index is 2.37. The van der Waals surface area contributed by atoms with E-state index in [9.17, 15) is 0 Å². The first-order chi connectivity index (χ1) is 9.32. The molecular formula is C20H26. The predicted octanol–water partition coefficient (Wildman–Crippen LogP) is 5.99. The van der Waals surface area contributed by atoms with Gasteiger partial charge in [-0.1, -0.05) is 23.8 Å². The zero-order chi connectivity index (χ0) is 15.0. The summed E-state index contributed by atoms with van der Waals surface area (Å²) in [5.41, 5.74) is 12.8. The number of rotatable bonds is 1. The van der Waals surface area contributed by atoms with Gasteiger partial charge in [0.15, 0.2) is 0 Å². The molecule has 0 N–H and O–H groups in total. The second-order valence-electron chi connectivity index (χ2n) is 6.18. The van der Waals surface area contributed by atoms with Crippen LogP contribution in [-0.2, 0) is 0 Å². The van der Waals surface area contributed by atoms with Crippen LogP contribution in [0.4, 0.5) is 0 Å². The molecule has 0 nitrogen and oxygen atoms in total. The van der Waals surface area contributed by atoms with Crippen molar-refractivity contribution in [2.75, 3.05) is 0 Å². The monoisotopic (exact) mass is 266 g/mol. The summed E-state index contributed by atoms with van der Waals surface area (Å²) in [6.45, 7) is 15.6. The highest BCUT2D eigenvalue weighted by atomic mass is 14.2. The van der Waals surface area contributed by atoms with Crippen LogP contribution in [0.3, 0.4) is 0 Å². The van der Waals surface area contributed by atoms with Gasteiger partial charge in [-0.3, -0.25) is 0 Å². The molecule has 0 bridgehead atoms. The third-order valence-electron chi connectivity index (χ3n) is 5.03. The fourth-order valence-electron chi connectivity index (χ4n) is 2.89. The minimum Gasteiger partial charge on any atom is -0.0769 e. The highest BCUT2D eigenvalue weighted by molar-refractivity contribution is 5.75. The van der Waals surface area contributed by atoms with Gasteiger partial charge in [-0.05, 0) is 99.4 Å². The Hall–Kier alpha value is -1.56. The summed E-state index contributed by atoms with van der Waals surface area (Å²) >= 11 is 0. The van der Waals surface area contributed by atoms with Gasteiger partial charge >= 0.3 is 0 Å². The van der Waals surface area contributed by atoms with Gasteiger partial charge in [0.2, 0.25) is 0 Å². The highest BCUT2D eigenvalue weighted by Gasteiger charge is 2.13. The highest BCUT2D eigenvalue weighted by Crippen LogP contribution is 2.32. The van der Waals surface area contributed by atoms with Crippen LogP contribution >= 0.6 is 0 Å². The van der Waals surface area contributed by atoms with E-state index in [0.717, 1.165) is 6.42 Å². The maximum Gasteiger partial charge on any atom is -0.00855 e. The first kappa shape index (κ1) is 14.8. The Morgan fingerprint density at radius 1 is 0.800 bits per heavy atom. The largest absolute Gasteiger partial charge is 0.0769 e. The van der Waals surface area contributed by atoms with E-state index in [1.807, 2.05) is 0 Å². The molecule has 0 heterocycles. The Morgan fingerprint density at radius 3 is 2.10 bits per heavy atom. The van der Waals surface area contributed by atoms with Crippen LogP contribution in [0, 0.1) is 27.7 Å². The molecule has 1 aliphatic carbocycles. The molecule has 0 saturated carbocycles. The summed E-state index contributed by atoms with van der Waals surface area (Å²) in [7, 11) is 0. The number of allylic oxidation sites excluding steroid dienone is 6. The molecule has 1 aromatic rings. The van der Waals surface area contributed by atoms with E-state index in [1.54, 1.807) is 0 Å². The van der Waals surface area contributed by atoms with E-state index in [2.05, 4.69) is 66.7 Å². The molecule has 0 saturated heterocycles. The molecule has 0 spiro atoms. The molecule has 106 valence electrons. The fourth-order valence-corrected chi connectivity index (χ4v) is 2.89. The summed E-state index contributed by atoms with van der Waals surface area (Å²) in [4.78, 5) is 0. The Labute approximate surface area is 123 Å². The lowest BCUT2D eigenvalue weighted by Crippen LogP contribution is -1.97. The molecule has 1 aliphatic rings. The van der Waals surface area contributed by atoms with Gasteiger partial charge in [0.1, 0.15) is 0 Å². The molecule has 0 aliphatic heterocycles. The number of aryl methyl sites for hydroxylation is 1. The van der Waals surface area contributed by atoms with Gasteiger partial charge in [0.25, 0.3) is 0 Å². The minimum absolute atomic E-state index is 1.03. The predicted molar refractivity (Wildman–Crippen MR) is 90.1 cm³/mol. The van der Waals surface area contributed by atoms with Gasteiger partial charge in [-0.25, -0.2) is 0 Å². The zero-order valence-corrected chi connectivity index (χ0v) is 13.9. The molecule has 2 rings (SSSR count). The third kappa shape index (κ3) is 2.52. The first-order valence-corrected chi connectivity index (χ1v) is 7.46. The van der Waals surface area contributed by atoms with E-state index in [1.165, 1.54) is 50.1 Å². The summed E-state index contributed by atoms with van der Waals surface area (Å²) in [6, 6.07) is 2.36. The van der Waals surface area contributed by atoms with Crippen LogP contribution in [0.25, 0.3) is 5.57 Å². The molecular weight excluding hydrogens is 240 g/mol. The Kier molecular flexibility index (Phi) is 4.04. The van der Waals surface area contributed by atoms with Crippen LogP contribution in [0.1, 0.15) is 55.0 Å². The Balaban J connectivity index is 2.62. The van der Waals surface area contributed by atoms with E-state index in [4.69, 9.17) is 0 Å². The lowest BCUT2D eigenvalue weighted by molar-refractivity contribution is 1.19. The van der Waals surface area contributed by atoms with Crippen LogP contribution in [-0.4, -0.2) is 0 Å². The Morgan fingerprint density at radius 2 is 1.45 bits per heavy atom. The standard InChI is InChI=1S/C20H26/c1-12-8-9-19(10-13(2)15(12)4)20-11-14(3)16(5)17(6)18(20)7/h8,10-11H,9H2,1-7H3. The lowest BCUT2D eigenvalue weighted by atomic mass is 9.89.